The van der Waals surface area contributed by atoms with Crippen LogP contribution < -0.4 is 22.1 Å². The Morgan fingerprint density at radius 1 is 0.936 bits per heavy atom. The summed E-state index contributed by atoms with van der Waals surface area (Å²) in [6.07, 6.45) is 1.97. The molecular formula is C35H50N6O6. The third-order valence-electron chi connectivity index (χ3n) is 7.31. The van der Waals surface area contributed by atoms with Crippen LogP contribution >= 0.6 is 0 Å². The average Bonchev–Trinajstić information content (AvgIpc) is 3.38. The molecule has 0 unspecified atom stereocenters. The summed E-state index contributed by atoms with van der Waals surface area (Å²) in [6, 6.07) is 10.2. The number of benzene rings is 2. The second kappa shape index (κ2) is 15.9. The molecule has 0 aliphatic rings. The Balaban J connectivity index is 2.00. The minimum atomic E-state index is -1.34. The molecular weight excluding hydrogens is 600 g/mol. The van der Waals surface area contributed by atoms with E-state index in [2.05, 4.69) is 15.6 Å². The molecule has 3 rings (SSSR count). The van der Waals surface area contributed by atoms with Crippen molar-refractivity contribution in [3.8, 4) is 5.75 Å². The molecule has 3 aromatic rings. The number of ether oxygens (including phenoxy) is 1. The lowest BCUT2D eigenvalue weighted by atomic mass is 10.00. The van der Waals surface area contributed by atoms with Gasteiger partial charge in [0.15, 0.2) is 0 Å². The van der Waals surface area contributed by atoms with Crippen LogP contribution in [0, 0.1) is 0 Å². The molecule has 12 heteroatoms. The first-order valence-corrected chi connectivity index (χ1v) is 16.0. The Bertz CT molecular complexity index is 1520. The molecule has 12 nitrogen and oxygen atoms in total. The summed E-state index contributed by atoms with van der Waals surface area (Å²) in [5.41, 5.74) is 12.9. The lowest BCUT2D eigenvalue weighted by molar-refractivity contribution is -0.141. The number of fused-ring (bicyclic) bond motifs is 1. The van der Waals surface area contributed by atoms with E-state index < -0.39 is 53.1 Å². The minimum absolute atomic E-state index is 0.0345. The highest BCUT2D eigenvalue weighted by Gasteiger charge is 2.40. The number of nitrogens with one attached hydrogen (secondary N) is 3. The quantitative estimate of drug-likeness (QED) is 0.151. The number of aromatic amines is 1. The zero-order chi connectivity index (χ0) is 34.9. The van der Waals surface area contributed by atoms with Gasteiger partial charge in [-0.05, 0) is 103 Å². The van der Waals surface area contributed by atoms with Crippen molar-refractivity contribution in [3.05, 3.63) is 65.9 Å². The number of hydrogen-bond acceptors (Lipinski definition) is 8. The van der Waals surface area contributed by atoms with E-state index in [0.29, 0.717) is 24.9 Å². The predicted molar refractivity (Wildman–Crippen MR) is 181 cm³/mol. The molecule has 0 fully saturated rings. The number of phenols is 1. The summed E-state index contributed by atoms with van der Waals surface area (Å²) in [5.74, 6) is -1.88. The second-order valence-electron chi connectivity index (χ2n) is 13.8. The smallest absolute Gasteiger partial charge is 0.417 e. The zero-order valence-electron chi connectivity index (χ0n) is 28.3. The van der Waals surface area contributed by atoms with Crippen LogP contribution in [0.1, 0.15) is 71.9 Å². The van der Waals surface area contributed by atoms with Gasteiger partial charge in [0.05, 0.1) is 6.04 Å². The first-order chi connectivity index (χ1) is 22.0. The van der Waals surface area contributed by atoms with Gasteiger partial charge in [-0.15, -0.1) is 0 Å². The molecule has 1 aromatic heterocycles. The molecule has 0 aliphatic heterocycles. The van der Waals surface area contributed by atoms with Crippen LogP contribution in [-0.2, 0) is 32.0 Å². The summed E-state index contributed by atoms with van der Waals surface area (Å²) in [7, 11) is 0. The molecule has 0 spiro atoms. The van der Waals surface area contributed by atoms with E-state index in [4.69, 9.17) is 16.2 Å². The molecule has 1 heterocycles. The van der Waals surface area contributed by atoms with E-state index in [1.165, 1.54) is 12.1 Å². The van der Waals surface area contributed by atoms with Gasteiger partial charge in [-0.3, -0.25) is 14.4 Å². The topological polar surface area (TPSA) is 193 Å². The Kier molecular flexibility index (Phi) is 12.5. The van der Waals surface area contributed by atoms with Crippen molar-refractivity contribution in [3.63, 3.8) is 0 Å². The van der Waals surface area contributed by atoms with Gasteiger partial charge in [-0.1, -0.05) is 30.3 Å². The molecule has 0 saturated heterocycles. The molecule has 2 aromatic carbocycles. The van der Waals surface area contributed by atoms with E-state index in [1.54, 1.807) is 39.1 Å². The largest absolute Gasteiger partial charge is 0.508 e. The summed E-state index contributed by atoms with van der Waals surface area (Å²) in [6.45, 7) is 10.8. The SMILES string of the molecule is CC(C)(C)NC(=O)[C@H](Cc1c[nH]c2ccccc12)NC(=O)[C@H](CCCCN)N(C(=O)OC(C)(C)C)C(=O)[C@@H](N)Cc1ccc(O)cc1. The van der Waals surface area contributed by atoms with Gasteiger partial charge in [0, 0.05) is 29.1 Å². The fraction of sp³-hybridized carbons (Fsp3) is 0.486. The third-order valence-corrected chi connectivity index (χ3v) is 7.31. The number of phenolic OH excluding ortho intramolecular Hbond substituents is 1. The molecule has 0 saturated carbocycles. The number of para-hydroxylation sites is 1. The lowest BCUT2D eigenvalue weighted by Crippen LogP contribution is -2.60. The Hall–Kier alpha value is -4.42. The maximum Gasteiger partial charge on any atom is 0.417 e. The molecule has 47 heavy (non-hydrogen) atoms. The lowest BCUT2D eigenvalue weighted by Gasteiger charge is -2.34. The number of rotatable bonds is 13. The van der Waals surface area contributed by atoms with Crippen LogP contribution in [0.2, 0.25) is 0 Å². The van der Waals surface area contributed by atoms with Gasteiger partial charge in [0.2, 0.25) is 17.7 Å². The molecule has 0 aliphatic carbocycles. The molecule has 0 radical (unpaired) electrons. The monoisotopic (exact) mass is 650 g/mol. The number of H-pyrrole nitrogens is 1. The van der Waals surface area contributed by atoms with E-state index in [-0.39, 0.29) is 25.0 Å². The van der Waals surface area contributed by atoms with E-state index in [9.17, 15) is 24.3 Å². The zero-order valence-corrected chi connectivity index (χ0v) is 28.3. The number of carbonyl (C=O) groups is 4. The summed E-state index contributed by atoms with van der Waals surface area (Å²) in [5, 5.41) is 16.4. The van der Waals surface area contributed by atoms with Crippen molar-refractivity contribution < 1.29 is 29.0 Å². The molecule has 8 N–H and O–H groups in total. The number of imide groups is 1. The molecule has 0 bridgehead atoms. The van der Waals surface area contributed by atoms with Crippen molar-refractivity contribution in [2.75, 3.05) is 6.54 Å². The Morgan fingerprint density at radius 3 is 2.21 bits per heavy atom. The second-order valence-corrected chi connectivity index (χ2v) is 13.8. The summed E-state index contributed by atoms with van der Waals surface area (Å²) in [4.78, 5) is 59.6. The fourth-order valence-corrected chi connectivity index (χ4v) is 5.15. The Morgan fingerprint density at radius 2 is 1.60 bits per heavy atom. The highest BCUT2D eigenvalue weighted by Crippen LogP contribution is 2.22. The van der Waals surface area contributed by atoms with Gasteiger partial charge < -0.3 is 36.9 Å². The van der Waals surface area contributed by atoms with Crippen molar-refractivity contribution in [2.24, 2.45) is 11.5 Å². The van der Waals surface area contributed by atoms with Crippen molar-refractivity contribution in [2.45, 2.75) is 103 Å². The number of aromatic hydroxyl groups is 1. The van der Waals surface area contributed by atoms with Crippen LogP contribution in [0.5, 0.6) is 5.75 Å². The van der Waals surface area contributed by atoms with Crippen molar-refractivity contribution >= 4 is 34.7 Å². The number of amides is 4. The van der Waals surface area contributed by atoms with Gasteiger partial charge in [0.25, 0.3) is 0 Å². The normalized spacial score (nSPS) is 13.8. The first kappa shape index (κ1) is 37.0. The van der Waals surface area contributed by atoms with Gasteiger partial charge >= 0.3 is 6.09 Å². The number of carbonyl (C=O) groups excluding carboxylic acids is 4. The van der Waals surface area contributed by atoms with Crippen LogP contribution in [0.25, 0.3) is 10.9 Å². The number of hydrogen-bond donors (Lipinski definition) is 6. The van der Waals surface area contributed by atoms with Crippen molar-refractivity contribution in [1.29, 1.82) is 0 Å². The maximum atomic E-state index is 14.2. The fourth-order valence-electron chi connectivity index (χ4n) is 5.15. The van der Waals surface area contributed by atoms with Gasteiger partial charge in [-0.25, -0.2) is 9.69 Å². The van der Waals surface area contributed by atoms with Gasteiger partial charge in [0.1, 0.15) is 23.4 Å². The van der Waals surface area contributed by atoms with Crippen LogP contribution in [0.4, 0.5) is 4.79 Å². The first-order valence-electron chi connectivity index (χ1n) is 16.0. The number of nitrogens with zero attached hydrogens (tertiary/aromatic N) is 1. The minimum Gasteiger partial charge on any atom is -0.508 e. The van der Waals surface area contributed by atoms with Crippen LogP contribution in [0.15, 0.2) is 54.7 Å². The van der Waals surface area contributed by atoms with Crippen LogP contribution in [0.3, 0.4) is 0 Å². The van der Waals surface area contributed by atoms with E-state index in [1.807, 2.05) is 45.0 Å². The number of unbranched alkanes of at least 4 members (excludes halogenated alkanes) is 1. The number of aromatic nitrogens is 1. The number of nitrogens with two attached hydrogens (primary N) is 2. The predicted octanol–water partition coefficient (Wildman–Crippen LogP) is 3.65. The molecule has 256 valence electrons. The molecule has 3 atom stereocenters. The maximum absolute atomic E-state index is 14.2. The summed E-state index contributed by atoms with van der Waals surface area (Å²) >= 11 is 0. The van der Waals surface area contributed by atoms with Crippen molar-refractivity contribution in [1.82, 2.24) is 20.5 Å². The van der Waals surface area contributed by atoms with E-state index >= 15 is 0 Å². The third kappa shape index (κ3) is 11.1. The highest BCUT2D eigenvalue weighted by molar-refractivity contribution is 6.01. The summed E-state index contributed by atoms with van der Waals surface area (Å²) < 4.78 is 5.62. The van der Waals surface area contributed by atoms with Gasteiger partial charge in [-0.2, -0.15) is 0 Å². The van der Waals surface area contributed by atoms with E-state index in [0.717, 1.165) is 21.4 Å². The van der Waals surface area contributed by atoms with Crippen LogP contribution in [-0.4, -0.2) is 74.6 Å². The standard InChI is InChI=1S/C35H50N6O6/c1-34(2,3)40-30(43)28(20-23-21-38-27-12-8-7-11-25(23)27)39-31(44)29(13-9-10-18-36)41(33(46)47-35(4,5)6)32(45)26(37)19-22-14-16-24(42)17-15-22/h7-8,11-12,14-17,21,26,28-29,38,42H,9-10,13,18-20,36-37H2,1-6H3,(H,39,44)(H,40,43)/t26-,28-,29-/m0/s1. The molecule has 4 amide bonds. The highest BCUT2D eigenvalue weighted by atomic mass is 16.6. The average molecular weight is 651 g/mol. The Labute approximate surface area is 276 Å².